The number of piperazine rings is 1. The summed E-state index contributed by atoms with van der Waals surface area (Å²) in [6, 6.07) is 18.4. The van der Waals surface area contributed by atoms with Gasteiger partial charge in [0.05, 0.1) is 27.0 Å². The smallest absolute Gasteiger partial charge is 0.257 e. The molecule has 33 heavy (non-hydrogen) atoms. The van der Waals surface area contributed by atoms with Crippen molar-refractivity contribution in [2.24, 2.45) is 0 Å². The van der Waals surface area contributed by atoms with Crippen LogP contribution in [-0.4, -0.2) is 42.9 Å². The molecule has 1 heterocycles. The molecule has 3 aromatic carbocycles. The van der Waals surface area contributed by atoms with Gasteiger partial charge in [-0.1, -0.05) is 53.0 Å². The molecule has 0 atom stereocenters. The summed E-state index contributed by atoms with van der Waals surface area (Å²) in [5.74, 6) is -0.270. The number of rotatable bonds is 4. The minimum Gasteiger partial charge on any atom is -0.365 e. The number of nitrogens with zero attached hydrogens (tertiary/aromatic N) is 2. The summed E-state index contributed by atoms with van der Waals surface area (Å²) in [6.45, 7) is 6.26. The molecule has 0 aromatic heterocycles. The molecule has 0 spiro atoms. The molecule has 7 heteroatoms. The molecule has 2 amide bonds. The van der Waals surface area contributed by atoms with E-state index in [9.17, 15) is 9.59 Å². The van der Waals surface area contributed by atoms with Gasteiger partial charge in [0, 0.05) is 31.7 Å². The topological polar surface area (TPSA) is 52.7 Å². The van der Waals surface area contributed by atoms with Crippen LogP contribution in [0.5, 0.6) is 0 Å². The predicted molar refractivity (Wildman–Crippen MR) is 135 cm³/mol. The lowest BCUT2D eigenvalue weighted by atomic mass is 10.1. The number of nitrogens with one attached hydrogen (secondary N) is 1. The van der Waals surface area contributed by atoms with E-state index < -0.39 is 0 Å². The van der Waals surface area contributed by atoms with Crippen molar-refractivity contribution < 1.29 is 9.59 Å². The van der Waals surface area contributed by atoms with Gasteiger partial charge >= 0.3 is 0 Å². The molecule has 1 aliphatic rings. The van der Waals surface area contributed by atoms with Crippen LogP contribution in [0.25, 0.3) is 0 Å². The molecule has 3 aromatic rings. The van der Waals surface area contributed by atoms with E-state index >= 15 is 0 Å². The minimum atomic E-state index is -0.295. The monoisotopic (exact) mass is 481 g/mol. The van der Waals surface area contributed by atoms with Crippen LogP contribution in [0.4, 0.5) is 11.4 Å². The third-order valence-corrected chi connectivity index (χ3v) is 6.40. The first kappa shape index (κ1) is 23.1. The van der Waals surface area contributed by atoms with Gasteiger partial charge in [0.2, 0.25) is 0 Å². The Morgan fingerprint density at radius 3 is 2.15 bits per heavy atom. The third-order valence-electron chi connectivity index (χ3n) is 5.79. The number of halogens is 2. The fourth-order valence-corrected chi connectivity index (χ4v) is 4.56. The van der Waals surface area contributed by atoms with Gasteiger partial charge in [-0.05, 0) is 55.8 Å². The van der Waals surface area contributed by atoms with Gasteiger partial charge in [-0.2, -0.15) is 0 Å². The molecule has 1 aliphatic heterocycles. The number of amides is 2. The number of aryl methyl sites for hydroxylation is 2. The molecular formula is C26H25Cl2N3O2. The Hall–Kier alpha value is -3.02. The average molecular weight is 482 g/mol. The highest BCUT2D eigenvalue weighted by atomic mass is 35.5. The van der Waals surface area contributed by atoms with E-state index in [4.69, 9.17) is 23.2 Å². The van der Waals surface area contributed by atoms with E-state index in [2.05, 4.69) is 10.2 Å². The first-order valence-corrected chi connectivity index (χ1v) is 11.6. The molecule has 170 valence electrons. The zero-order valence-corrected chi connectivity index (χ0v) is 20.1. The molecule has 0 aliphatic carbocycles. The summed E-state index contributed by atoms with van der Waals surface area (Å²) < 4.78 is 0. The molecule has 1 fully saturated rings. The van der Waals surface area contributed by atoms with Crippen LogP contribution in [0.2, 0.25) is 10.0 Å². The van der Waals surface area contributed by atoms with E-state index in [1.165, 1.54) is 0 Å². The largest absolute Gasteiger partial charge is 0.365 e. The Kier molecular flexibility index (Phi) is 6.91. The Morgan fingerprint density at radius 2 is 1.48 bits per heavy atom. The fraction of sp³-hybridized carbons (Fsp3) is 0.231. The lowest BCUT2D eigenvalue weighted by molar-refractivity contribution is 0.0746. The zero-order chi connectivity index (χ0) is 23.5. The fourth-order valence-electron chi connectivity index (χ4n) is 3.94. The standard InChI is InChI=1S/C26H25Cl2N3O2/c1-17-6-9-19(10-7-17)26(33)31-14-12-30(13-15-31)24-21(27)4-3-5-23(24)29-25(32)20-11-8-18(2)16-22(20)28/h3-11,16H,12-15H2,1-2H3,(H,29,32). The second-order valence-electron chi connectivity index (χ2n) is 8.22. The van der Waals surface area contributed by atoms with Gasteiger partial charge in [-0.3, -0.25) is 9.59 Å². The van der Waals surface area contributed by atoms with E-state index in [0.29, 0.717) is 53.0 Å². The molecule has 1 saturated heterocycles. The van der Waals surface area contributed by atoms with Crippen molar-refractivity contribution in [2.45, 2.75) is 13.8 Å². The number of carbonyl (C=O) groups excluding carboxylic acids is 2. The van der Waals surface area contributed by atoms with Crippen molar-refractivity contribution in [3.63, 3.8) is 0 Å². The number of carbonyl (C=O) groups is 2. The average Bonchev–Trinajstić information content (AvgIpc) is 2.79. The second-order valence-corrected chi connectivity index (χ2v) is 9.03. The lowest BCUT2D eigenvalue weighted by Gasteiger charge is -2.37. The van der Waals surface area contributed by atoms with Crippen molar-refractivity contribution in [2.75, 3.05) is 36.4 Å². The van der Waals surface area contributed by atoms with Crippen molar-refractivity contribution in [3.05, 3.63) is 93.0 Å². The summed E-state index contributed by atoms with van der Waals surface area (Å²) in [6.07, 6.45) is 0. The number of hydrogen-bond donors (Lipinski definition) is 1. The highest BCUT2D eigenvalue weighted by molar-refractivity contribution is 6.35. The summed E-state index contributed by atoms with van der Waals surface area (Å²) in [7, 11) is 0. The van der Waals surface area contributed by atoms with Gasteiger partial charge in [0.15, 0.2) is 0 Å². The molecule has 0 unspecified atom stereocenters. The van der Waals surface area contributed by atoms with Gasteiger partial charge in [0.1, 0.15) is 0 Å². The maximum absolute atomic E-state index is 12.9. The Balaban J connectivity index is 1.49. The highest BCUT2D eigenvalue weighted by Crippen LogP contribution is 2.35. The summed E-state index contributed by atoms with van der Waals surface area (Å²) in [5, 5.41) is 3.91. The Bertz CT molecular complexity index is 1190. The van der Waals surface area contributed by atoms with E-state index in [1.807, 2.05) is 55.1 Å². The Labute approximate surface area is 203 Å². The maximum atomic E-state index is 12.9. The van der Waals surface area contributed by atoms with Gasteiger partial charge in [0.25, 0.3) is 11.8 Å². The minimum absolute atomic E-state index is 0.0244. The van der Waals surface area contributed by atoms with Gasteiger partial charge in [-0.25, -0.2) is 0 Å². The van der Waals surface area contributed by atoms with Crippen molar-refractivity contribution in [3.8, 4) is 0 Å². The summed E-state index contributed by atoms with van der Waals surface area (Å²) in [5.41, 5.74) is 4.56. The molecule has 5 nitrogen and oxygen atoms in total. The maximum Gasteiger partial charge on any atom is 0.257 e. The first-order chi connectivity index (χ1) is 15.8. The van der Waals surface area contributed by atoms with Crippen LogP contribution < -0.4 is 10.2 Å². The van der Waals surface area contributed by atoms with Crippen LogP contribution in [0, 0.1) is 13.8 Å². The quantitative estimate of drug-likeness (QED) is 0.510. The number of benzene rings is 3. The van der Waals surface area contributed by atoms with E-state index in [0.717, 1.165) is 16.8 Å². The number of hydrogen-bond acceptors (Lipinski definition) is 3. The van der Waals surface area contributed by atoms with Crippen molar-refractivity contribution >= 4 is 46.4 Å². The van der Waals surface area contributed by atoms with Crippen LogP contribution >= 0.6 is 23.2 Å². The number of para-hydroxylation sites is 1. The first-order valence-electron chi connectivity index (χ1n) is 10.8. The van der Waals surface area contributed by atoms with Gasteiger partial charge < -0.3 is 15.1 Å². The van der Waals surface area contributed by atoms with Crippen LogP contribution in [0.1, 0.15) is 31.8 Å². The lowest BCUT2D eigenvalue weighted by Crippen LogP contribution is -2.49. The molecule has 1 N–H and O–H groups in total. The van der Waals surface area contributed by atoms with Crippen LogP contribution in [-0.2, 0) is 0 Å². The second kappa shape index (κ2) is 9.86. The molecule has 0 radical (unpaired) electrons. The molecule has 0 saturated carbocycles. The SMILES string of the molecule is Cc1ccc(C(=O)N2CCN(c3c(Cl)cccc3NC(=O)c3ccc(C)cc3Cl)CC2)cc1. The third kappa shape index (κ3) is 5.15. The predicted octanol–water partition coefficient (Wildman–Crippen LogP) is 5.82. The van der Waals surface area contributed by atoms with Crippen molar-refractivity contribution in [1.82, 2.24) is 4.90 Å². The van der Waals surface area contributed by atoms with Crippen molar-refractivity contribution in [1.29, 1.82) is 0 Å². The molecule has 4 rings (SSSR count). The highest BCUT2D eigenvalue weighted by Gasteiger charge is 2.25. The van der Waals surface area contributed by atoms with E-state index in [1.54, 1.807) is 24.3 Å². The Morgan fingerprint density at radius 1 is 0.818 bits per heavy atom. The summed E-state index contributed by atoms with van der Waals surface area (Å²) in [4.78, 5) is 29.7. The zero-order valence-electron chi connectivity index (χ0n) is 18.6. The van der Waals surface area contributed by atoms with E-state index in [-0.39, 0.29) is 11.8 Å². The van der Waals surface area contributed by atoms with Crippen LogP contribution in [0.3, 0.4) is 0 Å². The normalized spacial score (nSPS) is 13.7. The summed E-state index contributed by atoms with van der Waals surface area (Å²) >= 11 is 12.8. The molecular weight excluding hydrogens is 457 g/mol. The van der Waals surface area contributed by atoms with Crippen LogP contribution in [0.15, 0.2) is 60.7 Å². The van der Waals surface area contributed by atoms with Gasteiger partial charge in [-0.15, -0.1) is 0 Å². The molecule has 0 bridgehead atoms. The number of anilines is 2.